The molecule has 2 aliphatic rings. The predicted octanol–water partition coefficient (Wildman–Crippen LogP) is 2.04. The minimum absolute atomic E-state index is 0.100. The molecule has 0 aromatic rings. The van der Waals surface area contributed by atoms with Crippen LogP contribution in [0, 0.1) is 11.8 Å². The van der Waals surface area contributed by atoms with E-state index in [4.69, 9.17) is 9.47 Å². The summed E-state index contributed by atoms with van der Waals surface area (Å²) in [7, 11) is 0. The Kier molecular flexibility index (Phi) is 6.49. The van der Waals surface area contributed by atoms with Crippen molar-refractivity contribution in [1.82, 2.24) is 5.32 Å². The molecule has 0 aromatic carbocycles. The molecule has 0 bridgehead atoms. The fraction of sp³-hybridized carbons (Fsp3) is 0.875. The molecular formula is C16H27NO4. The van der Waals surface area contributed by atoms with Crippen molar-refractivity contribution < 1.29 is 19.1 Å². The van der Waals surface area contributed by atoms with E-state index < -0.39 is 5.92 Å². The molecule has 21 heavy (non-hydrogen) atoms. The first kappa shape index (κ1) is 16.3. The zero-order valence-corrected chi connectivity index (χ0v) is 12.9. The van der Waals surface area contributed by atoms with E-state index in [0.717, 1.165) is 45.1 Å². The van der Waals surface area contributed by atoms with Gasteiger partial charge in [0.15, 0.2) is 0 Å². The van der Waals surface area contributed by atoms with Gasteiger partial charge in [-0.15, -0.1) is 0 Å². The minimum Gasteiger partial charge on any atom is -0.465 e. The van der Waals surface area contributed by atoms with E-state index in [1.54, 1.807) is 6.92 Å². The highest BCUT2D eigenvalue weighted by molar-refractivity contribution is 5.98. The maximum atomic E-state index is 12.4. The molecule has 5 nitrogen and oxygen atoms in total. The Hall–Kier alpha value is -1.10. The van der Waals surface area contributed by atoms with Crippen molar-refractivity contribution in [2.24, 2.45) is 11.8 Å². The summed E-state index contributed by atoms with van der Waals surface area (Å²) in [4.78, 5) is 24.6. The Labute approximate surface area is 126 Å². The van der Waals surface area contributed by atoms with Crippen LogP contribution >= 0.6 is 0 Å². The molecule has 0 spiro atoms. The number of esters is 1. The topological polar surface area (TPSA) is 64.6 Å². The molecule has 1 aliphatic heterocycles. The summed E-state index contributed by atoms with van der Waals surface area (Å²) in [5.74, 6) is -1.07. The van der Waals surface area contributed by atoms with Gasteiger partial charge in [0.05, 0.1) is 12.7 Å². The molecule has 1 heterocycles. The molecule has 0 unspecified atom stereocenters. The van der Waals surface area contributed by atoms with E-state index >= 15 is 0 Å². The smallest absolute Gasteiger partial charge is 0.318 e. The summed E-state index contributed by atoms with van der Waals surface area (Å²) in [6.07, 6.45) is 7.40. The SMILES string of the molecule is CCOC(=O)[C@@H](C(=O)NC[C@H]1CCCO1)C1CCCCC1. The number of carbonyl (C=O) groups excluding carboxylic acids is 2. The van der Waals surface area contributed by atoms with Gasteiger partial charge in [0.2, 0.25) is 5.91 Å². The van der Waals surface area contributed by atoms with Gasteiger partial charge in [0, 0.05) is 13.2 Å². The van der Waals surface area contributed by atoms with E-state index in [9.17, 15) is 9.59 Å². The summed E-state index contributed by atoms with van der Waals surface area (Å²) in [6, 6.07) is 0. The quantitative estimate of drug-likeness (QED) is 0.602. The lowest BCUT2D eigenvalue weighted by Crippen LogP contribution is -2.43. The predicted molar refractivity (Wildman–Crippen MR) is 78.7 cm³/mol. The molecule has 2 atom stereocenters. The highest BCUT2D eigenvalue weighted by Gasteiger charge is 2.36. The van der Waals surface area contributed by atoms with Crippen LogP contribution in [0.1, 0.15) is 51.9 Å². The molecular weight excluding hydrogens is 270 g/mol. The van der Waals surface area contributed by atoms with Gasteiger partial charge >= 0.3 is 5.97 Å². The van der Waals surface area contributed by atoms with E-state index in [1.165, 1.54) is 6.42 Å². The monoisotopic (exact) mass is 297 g/mol. The zero-order chi connectivity index (χ0) is 15.1. The maximum Gasteiger partial charge on any atom is 0.318 e. The summed E-state index contributed by atoms with van der Waals surface area (Å²) in [5.41, 5.74) is 0. The van der Waals surface area contributed by atoms with Crippen LogP contribution in [0.15, 0.2) is 0 Å². The second-order valence-electron chi connectivity index (χ2n) is 6.01. The Balaban J connectivity index is 1.92. The normalized spacial score (nSPS) is 24.5. The lowest BCUT2D eigenvalue weighted by atomic mass is 9.79. The first-order valence-electron chi connectivity index (χ1n) is 8.28. The van der Waals surface area contributed by atoms with Crippen LogP contribution in [0.25, 0.3) is 0 Å². The molecule has 0 radical (unpaired) electrons. The Morgan fingerprint density at radius 2 is 1.95 bits per heavy atom. The van der Waals surface area contributed by atoms with Gasteiger partial charge in [0.25, 0.3) is 0 Å². The summed E-state index contributed by atoms with van der Waals surface area (Å²) < 4.78 is 10.6. The molecule has 0 aromatic heterocycles. The molecule has 2 fully saturated rings. The van der Waals surface area contributed by atoms with Gasteiger partial charge in [-0.25, -0.2) is 0 Å². The van der Waals surface area contributed by atoms with E-state index in [0.29, 0.717) is 13.2 Å². The number of hydrogen-bond acceptors (Lipinski definition) is 4. The van der Waals surface area contributed by atoms with Crippen LogP contribution < -0.4 is 5.32 Å². The number of amides is 1. The molecule has 5 heteroatoms. The minimum atomic E-state index is -0.647. The lowest BCUT2D eigenvalue weighted by molar-refractivity contribution is -0.155. The first-order valence-corrected chi connectivity index (χ1v) is 8.28. The van der Waals surface area contributed by atoms with Gasteiger partial charge in [0.1, 0.15) is 5.92 Å². The standard InChI is InChI=1S/C16H27NO4/c1-2-20-16(19)14(12-7-4-3-5-8-12)15(18)17-11-13-9-6-10-21-13/h12-14H,2-11H2,1H3,(H,17,18)/t13-,14-/m1/s1. The number of rotatable bonds is 6. The average Bonchev–Trinajstić information content (AvgIpc) is 3.00. The number of nitrogens with one attached hydrogen (secondary N) is 1. The van der Waals surface area contributed by atoms with Crippen LogP contribution in [0.2, 0.25) is 0 Å². The van der Waals surface area contributed by atoms with Crippen molar-refractivity contribution in [2.45, 2.75) is 58.0 Å². The average molecular weight is 297 g/mol. The largest absolute Gasteiger partial charge is 0.465 e. The van der Waals surface area contributed by atoms with Gasteiger partial charge in [-0.1, -0.05) is 19.3 Å². The van der Waals surface area contributed by atoms with Crippen LogP contribution in [0.3, 0.4) is 0 Å². The highest BCUT2D eigenvalue weighted by Crippen LogP contribution is 2.31. The van der Waals surface area contributed by atoms with Gasteiger partial charge in [-0.3, -0.25) is 9.59 Å². The van der Waals surface area contributed by atoms with Crippen LogP contribution in [0.4, 0.5) is 0 Å². The fourth-order valence-corrected chi connectivity index (χ4v) is 3.34. The molecule has 1 N–H and O–H groups in total. The zero-order valence-electron chi connectivity index (χ0n) is 12.9. The van der Waals surface area contributed by atoms with Gasteiger partial charge in [-0.05, 0) is 38.5 Å². The lowest BCUT2D eigenvalue weighted by Gasteiger charge is -2.28. The third-order valence-electron chi connectivity index (χ3n) is 4.47. The summed E-state index contributed by atoms with van der Waals surface area (Å²) >= 11 is 0. The Morgan fingerprint density at radius 3 is 2.57 bits per heavy atom. The second-order valence-corrected chi connectivity index (χ2v) is 6.01. The molecule has 1 aliphatic carbocycles. The maximum absolute atomic E-state index is 12.4. The Morgan fingerprint density at radius 1 is 1.19 bits per heavy atom. The van der Waals surface area contributed by atoms with Crippen molar-refractivity contribution in [2.75, 3.05) is 19.8 Å². The summed E-state index contributed by atoms with van der Waals surface area (Å²) in [6.45, 7) is 3.37. The van der Waals surface area contributed by atoms with Crippen molar-refractivity contribution in [1.29, 1.82) is 0 Å². The van der Waals surface area contributed by atoms with Crippen LogP contribution in [-0.4, -0.2) is 37.7 Å². The highest BCUT2D eigenvalue weighted by atomic mass is 16.5. The van der Waals surface area contributed by atoms with E-state index in [2.05, 4.69) is 5.32 Å². The van der Waals surface area contributed by atoms with Gasteiger partial charge in [-0.2, -0.15) is 0 Å². The first-order chi connectivity index (χ1) is 10.2. The number of hydrogen-bond donors (Lipinski definition) is 1. The molecule has 2 rings (SSSR count). The third kappa shape index (κ3) is 4.70. The van der Waals surface area contributed by atoms with Crippen LogP contribution in [0.5, 0.6) is 0 Å². The van der Waals surface area contributed by atoms with Gasteiger partial charge < -0.3 is 14.8 Å². The van der Waals surface area contributed by atoms with E-state index in [-0.39, 0.29) is 23.9 Å². The number of carbonyl (C=O) groups is 2. The second kappa shape index (κ2) is 8.37. The van der Waals surface area contributed by atoms with Crippen LogP contribution in [-0.2, 0) is 19.1 Å². The Bertz CT molecular complexity index is 346. The van der Waals surface area contributed by atoms with Crippen molar-refractivity contribution in [3.8, 4) is 0 Å². The van der Waals surface area contributed by atoms with Crippen molar-refractivity contribution in [3.05, 3.63) is 0 Å². The molecule has 120 valence electrons. The fourth-order valence-electron chi connectivity index (χ4n) is 3.34. The molecule has 1 saturated heterocycles. The van der Waals surface area contributed by atoms with Crippen molar-refractivity contribution in [3.63, 3.8) is 0 Å². The summed E-state index contributed by atoms with van der Waals surface area (Å²) in [5, 5.41) is 2.90. The third-order valence-corrected chi connectivity index (χ3v) is 4.47. The van der Waals surface area contributed by atoms with E-state index in [1.807, 2.05) is 0 Å². The van der Waals surface area contributed by atoms with Crippen molar-refractivity contribution >= 4 is 11.9 Å². The molecule has 1 saturated carbocycles. The number of ether oxygens (including phenoxy) is 2. The molecule has 1 amide bonds.